The predicted molar refractivity (Wildman–Crippen MR) is 91.5 cm³/mol. The summed E-state index contributed by atoms with van der Waals surface area (Å²) in [5, 5.41) is 0.661. The quantitative estimate of drug-likeness (QED) is 0.864. The van der Waals surface area contributed by atoms with Gasteiger partial charge in [0.2, 0.25) is 5.91 Å². The molecule has 1 saturated heterocycles. The van der Waals surface area contributed by atoms with Crippen LogP contribution in [0.25, 0.3) is 10.9 Å². The average molecular weight is 313 g/mol. The minimum absolute atomic E-state index is 0.00361. The molecule has 0 aliphatic carbocycles. The average Bonchev–Trinajstić information content (AvgIpc) is 2.57. The van der Waals surface area contributed by atoms with Gasteiger partial charge in [-0.05, 0) is 39.1 Å². The first-order chi connectivity index (χ1) is 11.1. The van der Waals surface area contributed by atoms with Crippen molar-refractivity contribution < 1.29 is 4.79 Å². The third-order valence-corrected chi connectivity index (χ3v) is 4.74. The van der Waals surface area contributed by atoms with E-state index in [2.05, 4.69) is 19.0 Å². The molecule has 0 bridgehead atoms. The first-order valence-electron chi connectivity index (χ1n) is 8.08. The molecule has 5 nitrogen and oxygen atoms in total. The molecule has 0 spiro atoms. The summed E-state index contributed by atoms with van der Waals surface area (Å²) in [4.78, 5) is 28.7. The number of rotatable bonds is 3. The molecule has 2 heterocycles. The number of benzene rings is 1. The van der Waals surface area contributed by atoms with Crippen LogP contribution in [0.3, 0.4) is 0 Å². The van der Waals surface area contributed by atoms with Crippen molar-refractivity contribution in [3.63, 3.8) is 0 Å². The molecule has 1 aromatic carbocycles. The Kier molecular flexibility index (Phi) is 4.48. The number of piperidine rings is 1. The molecular formula is C18H23N3O2. The number of nitrogens with zero attached hydrogens (tertiary/aromatic N) is 3. The molecule has 1 aromatic heterocycles. The monoisotopic (exact) mass is 313 g/mol. The number of carbonyl (C=O) groups is 1. The van der Waals surface area contributed by atoms with Crippen molar-refractivity contribution in [1.29, 1.82) is 0 Å². The Hall–Kier alpha value is -2.14. The molecule has 1 aliphatic heterocycles. The van der Waals surface area contributed by atoms with Crippen LogP contribution in [0.5, 0.6) is 0 Å². The highest BCUT2D eigenvalue weighted by molar-refractivity contribution is 5.82. The summed E-state index contributed by atoms with van der Waals surface area (Å²) < 4.78 is 1.87. The third kappa shape index (κ3) is 3.29. The van der Waals surface area contributed by atoms with E-state index in [1.165, 1.54) is 6.07 Å². The Morgan fingerprint density at radius 2 is 1.87 bits per heavy atom. The second kappa shape index (κ2) is 6.54. The Morgan fingerprint density at radius 1 is 1.17 bits per heavy atom. The lowest BCUT2D eigenvalue weighted by Gasteiger charge is -2.35. The Bertz CT molecular complexity index is 758. The fourth-order valence-electron chi connectivity index (χ4n) is 3.28. The fraction of sp³-hybridized carbons (Fsp3) is 0.444. The molecule has 1 amide bonds. The summed E-state index contributed by atoms with van der Waals surface area (Å²) >= 11 is 0. The minimum Gasteiger partial charge on any atom is -0.341 e. The van der Waals surface area contributed by atoms with E-state index in [4.69, 9.17) is 0 Å². The number of carbonyl (C=O) groups excluding carboxylic acids is 1. The van der Waals surface area contributed by atoms with Crippen LogP contribution >= 0.6 is 0 Å². The summed E-state index contributed by atoms with van der Waals surface area (Å²) in [6.45, 7) is 1.90. The lowest BCUT2D eigenvalue weighted by molar-refractivity contribution is -0.133. The van der Waals surface area contributed by atoms with E-state index < -0.39 is 0 Å². The van der Waals surface area contributed by atoms with Gasteiger partial charge in [0.1, 0.15) is 6.54 Å². The van der Waals surface area contributed by atoms with Gasteiger partial charge in [0, 0.05) is 36.8 Å². The van der Waals surface area contributed by atoms with Crippen LogP contribution in [-0.2, 0) is 11.3 Å². The highest BCUT2D eigenvalue weighted by Crippen LogP contribution is 2.15. The number of hydrogen-bond acceptors (Lipinski definition) is 3. The molecule has 0 saturated carbocycles. The van der Waals surface area contributed by atoms with Crippen LogP contribution in [0.2, 0.25) is 0 Å². The highest BCUT2D eigenvalue weighted by Gasteiger charge is 2.23. The van der Waals surface area contributed by atoms with Crippen molar-refractivity contribution in [3.05, 3.63) is 46.8 Å². The summed E-state index contributed by atoms with van der Waals surface area (Å²) in [6.07, 6.45) is 3.75. The van der Waals surface area contributed by atoms with Gasteiger partial charge in [0.15, 0.2) is 5.43 Å². The van der Waals surface area contributed by atoms with Crippen molar-refractivity contribution in [3.8, 4) is 0 Å². The molecule has 1 fully saturated rings. The maximum Gasteiger partial charge on any atom is 0.242 e. The minimum atomic E-state index is -0.00361. The molecule has 122 valence electrons. The molecule has 5 heteroatoms. The van der Waals surface area contributed by atoms with Gasteiger partial charge in [0.05, 0.1) is 5.52 Å². The Balaban J connectivity index is 1.74. The SMILES string of the molecule is CN(C)C1CCN(C(=O)Cn2ccc(=O)c3ccccc32)CC1. The highest BCUT2D eigenvalue weighted by atomic mass is 16.2. The van der Waals surface area contributed by atoms with Crippen LogP contribution in [-0.4, -0.2) is 53.5 Å². The number of fused-ring (bicyclic) bond motifs is 1. The summed E-state index contributed by atoms with van der Waals surface area (Å²) in [5.41, 5.74) is 0.813. The van der Waals surface area contributed by atoms with Crippen molar-refractivity contribution in [2.75, 3.05) is 27.2 Å². The smallest absolute Gasteiger partial charge is 0.242 e. The molecule has 3 rings (SSSR count). The van der Waals surface area contributed by atoms with Crippen molar-refractivity contribution in [2.24, 2.45) is 0 Å². The van der Waals surface area contributed by atoms with E-state index in [-0.39, 0.29) is 17.9 Å². The second-order valence-corrected chi connectivity index (χ2v) is 6.40. The standard InChI is InChI=1S/C18H23N3O2/c1-19(2)14-7-10-20(11-8-14)18(23)13-21-12-9-17(22)15-5-3-4-6-16(15)21/h3-6,9,12,14H,7-8,10-11,13H2,1-2H3. The largest absolute Gasteiger partial charge is 0.341 e. The maximum absolute atomic E-state index is 12.6. The van der Waals surface area contributed by atoms with E-state index >= 15 is 0 Å². The van der Waals surface area contributed by atoms with Crippen LogP contribution in [0, 0.1) is 0 Å². The van der Waals surface area contributed by atoms with Crippen molar-refractivity contribution in [1.82, 2.24) is 14.4 Å². The van der Waals surface area contributed by atoms with Gasteiger partial charge in [-0.1, -0.05) is 12.1 Å². The summed E-state index contributed by atoms with van der Waals surface area (Å²) in [5.74, 6) is 0.121. The van der Waals surface area contributed by atoms with E-state index in [0.29, 0.717) is 11.4 Å². The first kappa shape index (κ1) is 15.7. The van der Waals surface area contributed by atoms with Crippen LogP contribution in [0.15, 0.2) is 41.3 Å². The van der Waals surface area contributed by atoms with E-state index in [9.17, 15) is 9.59 Å². The fourth-order valence-corrected chi connectivity index (χ4v) is 3.28. The first-order valence-corrected chi connectivity index (χ1v) is 8.08. The number of amides is 1. The topological polar surface area (TPSA) is 45.5 Å². The normalized spacial score (nSPS) is 16.2. The van der Waals surface area contributed by atoms with Gasteiger partial charge in [-0.25, -0.2) is 0 Å². The van der Waals surface area contributed by atoms with Gasteiger partial charge in [-0.2, -0.15) is 0 Å². The zero-order chi connectivity index (χ0) is 16.4. The van der Waals surface area contributed by atoms with Crippen LogP contribution in [0.4, 0.5) is 0 Å². The predicted octanol–water partition coefficient (Wildman–Crippen LogP) is 1.55. The summed E-state index contributed by atoms with van der Waals surface area (Å²) in [7, 11) is 4.18. The number of pyridine rings is 1. The van der Waals surface area contributed by atoms with Crippen LogP contribution in [0.1, 0.15) is 12.8 Å². The zero-order valence-corrected chi connectivity index (χ0v) is 13.7. The Morgan fingerprint density at radius 3 is 2.57 bits per heavy atom. The van der Waals surface area contributed by atoms with Gasteiger partial charge in [-0.15, -0.1) is 0 Å². The lowest BCUT2D eigenvalue weighted by Crippen LogP contribution is -2.45. The molecule has 0 atom stereocenters. The lowest BCUT2D eigenvalue weighted by atomic mass is 10.0. The molecule has 0 unspecified atom stereocenters. The maximum atomic E-state index is 12.6. The third-order valence-electron chi connectivity index (χ3n) is 4.74. The molecule has 23 heavy (non-hydrogen) atoms. The van der Waals surface area contributed by atoms with Gasteiger partial charge < -0.3 is 14.4 Å². The van der Waals surface area contributed by atoms with Crippen LogP contribution < -0.4 is 5.43 Å². The van der Waals surface area contributed by atoms with Gasteiger partial charge >= 0.3 is 0 Å². The van der Waals surface area contributed by atoms with E-state index in [0.717, 1.165) is 31.4 Å². The number of para-hydroxylation sites is 1. The molecular weight excluding hydrogens is 290 g/mol. The summed E-state index contributed by atoms with van der Waals surface area (Å²) in [6, 6.07) is 9.54. The van der Waals surface area contributed by atoms with E-state index in [1.807, 2.05) is 27.7 Å². The molecule has 0 radical (unpaired) electrons. The molecule has 0 N–H and O–H groups in total. The van der Waals surface area contributed by atoms with Gasteiger partial charge in [0.25, 0.3) is 0 Å². The molecule has 1 aliphatic rings. The molecule has 2 aromatic rings. The van der Waals surface area contributed by atoms with Crippen molar-refractivity contribution >= 4 is 16.8 Å². The number of aromatic nitrogens is 1. The zero-order valence-electron chi connectivity index (χ0n) is 13.7. The van der Waals surface area contributed by atoms with E-state index in [1.54, 1.807) is 12.3 Å². The number of likely N-dealkylation sites (tertiary alicyclic amines) is 1. The van der Waals surface area contributed by atoms with Gasteiger partial charge in [-0.3, -0.25) is 9.59 Å². The Labute approximate surface area is 136 Å². The second-order valence-electron chi connectivity index (χ2n) is 6.40. The number of hydrogen-bond donors (Lipinski definition) is 0. The van der Waals surface area contributed by atoms with Crippen molar-refractivity contribution in [2.45, 2.75) is 25.4 Å².